The van der Waals surface area contributed by atoms with Crippen molar-refractivity contribution >= 4 is 5.91 Å². The minimum absolute atomic E-state index is 0.0158. The van der Waals surface area contributed by atoms with Crippen LogP contribution in [0.5, 0.6) is 0 Å². The van der Waals surface area contributed by atoms with E-state index in [1.165, 1.54) is 12.1 Å². The van der Waals surface area contributed by atoms with Crippen molar-refractivity contribution in [2.45, 2.75) is 20.0 Å². The molecule has 1 atom stereocenters. The number of nitrogens with one attached hydrogen (secondary N) is 1. The average molecular weight is 360 g/mol. The van der Waals surface area contributed by atoms with Gasteiger partial charge in [-0.25, -0.2) is 4.39 Å². The topological polar surface area (TPSA) is 54.7 Å². The predicted molar refractivity (Wildman–Crippen MR) is 97.5 cm³/mol. The van der Waals surface area contributed by atoms with Gasteiger partial charge in [0.05, 0.1) is 12.7 Å². The van der Waals surface area contributed by atoms with Crippen molar-refractivity contribution in [3.63, 3.8) is 0 Å². The fourth-order valence-corrected chi connectivity index (χ4v) is 3.11. The number of benzene rings is 1. The summed E-state index contributed by atoms with van der Waals surface area (Å²) in [7, 11) is 0. The summed E-state index contributed by atoms with van der Waals surface area (Å²) in [5.74, 6) is 0.794. The van der Waals surface area contributed by atoms with Crippen molar-refractivity contribution in [1.82, 2.24) is 10.2 Å². The first-order valence-corrected chi connectivity index (χ1v) is 8.99. The average Bonchev–Trinajstić information content (AvgIpc) is 3.10. The summed E-state index contributed by atoms with van der Waals surface area (Å²) in [4.78, 5) is 14.7. The Bertz CT molecular complexity index is 727. The lowest BCUT2D eigenvalue weighted by Gasteiger charge is -2.33. The summed E-state index contributed by atoms with van der Waals surface area (Å²) in [5.41, 5.74) is 0.727. The largest absolute Gasteiger partial charge is 0.451 e. The summed E-state index contributed by atoms with van der Waals surface area (Å²) in [6.45, 7) is 8.30. The van der Waals surface area contributed by atoms with E-state index < -0.39 is 0 Å². The van der Waals surface area contributed by atoms with Crippen LogP contribution in [-0.4, -0.2) is 49.7 Å². The molecule has 0 unspecified atom stereocenters. The van der Waals surface area contributed by atoms with E-state index in [1.54, 1.807) is 24.3 Å². The highest BCUT2D eigenvalue weighted by Crippen LogP contribution is 2.22. The summed E-state index contributed by atoms with van der Waals surface area (Å²) in [6.07, 6.45) is -0.0158. The van der Waals surface area contributed by atoms with Crippen molar-refractivity contribution in [3.05, 3.63) is 48.0 Å². The molecule has 0 radical (unpaired) electrons. The van der Waals surface area contributed by atoms with E-state index in [1.807, 2.05) is 0 Å². The molecule has 1 amide bonds. The summed E-state index contributed by atoms with van der Waals surface area (Å²) < 4.78 is 24.3. The van der Waals surface area contributed by atoms with Gasteiger partial charge in [0.2, 0.25) is 0 Å². The van der Waals surface area contributed by atoms with Crippen LogP contribution in [0.1, 0.15) is 24.4 Å². The van der Waals surface area contributed by atoms with Crippen molar-refractivity contribution in [2.75, 3.05) is 32.8 Å². The van der Waals surface area contributed by atoms with E-state index in [0.717, 1.165) is 25.2 Å². The van der Waals surface area contributed by atoms with Crippen molar-refractivity contribution in [1.29, 1.82) is 0 Å². The van der Waals surface area contributed by atoms with E-state index in [2.05, 4.69) is 24.1 Å². The van der Waals surface area contributed by atoms with Crippen LogP contribution in [0.25, 0.3) is 11.3 Å². The second kappa shape index (κ2) is 8.47. The molecule has 0 spiro atoms. The Labute approximate surface area is 153 Å². The second-order valence-corrected chi connectivity index (χ2v) is 7.03. The number of hydrogen-bond acceptors (Lipinski definition) is 4. The highest BCUT2D eigenvalue weighted by molar-refractivity contribution is 5.92. The molecule has 1 saturated heterocycles. The summed E-state index contributed by atoms with van der Waals surface area (Å²) >= 11 is 0. The number of ether oxygens (including phenoxy) is 1. The maximum Gasteiger partial charge on any atom is 0.287 e. The van der Waals surface area contributed by atoms with Gasteiger partial charge in [-0.2, -0.15) is 0 Å². The molecule has 0 saturated carbocycles. The molecule has 6 heteroatoms. The molecule has 5 nitrogen and oxygen atoms in total. The Morgan fingerprint density at radius 1 is 1.27 bits per heavy atom. The van der Waals surface area contributed by atoms with E-state index in [4.69, 9.17) is 9.15 Å². The molecule has 1 aliphatic rings. The van der Waals surface area contributed by atoms with Crippen molar-refractivity contribution in [3.8, 4) is 11.3 Å². The molecule has 2 heterocycles. The molecule has 0 bridgehead atoms. The summed E-state index contributed by atoms with van der Waals surface area (Å²) in [6, 6.07) is 9.30. The Hall–Kier alpha value is -2.18. The van der Waals surface area contributed by atoms with Crippen LogP contribution in [0.3, 0.4) is 0 Å². The molecule has 140 valence electrons. The summed E-state index contributed by atoms with van der Waals surface area (Å²) in [5, 5.41) is 2.87. The molecular weight excluding hydrogens is 335 g/mol. The first-order valence-electron chi connectivity index (χ1n) is 8.99. The third-order valence-corrected chi connectivity index (χ3v) is 4.30. The van der Waals surface area contributed by atoms with Crippen molar-refractivity contribution < 1.29 is 18.3 Å². The number of furan rings is 1. The zero-order valence-corrected chi connectivity index (χ0v) is 15.2. The Morgan fingerprint density at radius 2 is 2.04 bits per heavy atom. The Morgan fingerprint density at radius 3 is 2.77 bits per heavy atom. The van der Waals surface area contributed by atoms with Gasteiger partial charge in [-0.05, 0) is 42.3 Å². The standard InChI is InChI=1S/C20H25FN2O3/c1-14(2)12-23-9-10-25-17(13-23)11-22-20(24)19-8-7-18(26-19)15-3-5-16(21)6-4-15/h3-8,14,17H,9-13H2,1-2H3,(H,22,24)/t17-/m1/s1. The van der Waals surface area contributed by atoms with Gasteiger partial charge < -0.3 is 14.5 Å². The Balaban J connectivity index is 1.53. The van der Waals surface area contributed by atoms with Gasteiger partial charge in [-0.15, -0.1) is 0 Å². The molecule has 1 aromatic heterocycles. The van der Waals surface area contributed by atoms with E-state index in [9.17, 15) is 9.18 Å². The van der Waals surface area contributed by atoms with Gasteiger partial charge in [0.25, 0.3) is 5.91 Å². The van der Waals surface area contributed by atoms with Crippen molar-refractivity contribution in [2.24, 2.45) is 5.92 Å². The predicted octanol–water partition coefficient (Wildman–Crippen LogP) is 3.17. The second-order valence-electron chi connectivity index (χ2n) is 7.03. The highest BCUT2D eigenvalue weighted by Gasteiger charge is 2.22. The quantitative estimate of drug-likeness (QED) is 0.860. The fourth-order valence-electron chi connectivity index (χ4n) is 3.11. The van der Waals surface area contributed by atoms with Crippen LogP contribution in [-0.2, 0) is 4.74 Å². The lowest BCUT2D eigenvalue weighted by Crippen LogP contribution is -2.48. The van der Waals surface area contributed by atoms with Gasteiger partial charge in [-0.1, -0.05) is 13.8 Å². The minimum Gasteiger partial charge on any atom is -0.451 e. The van der Waals surface area contributed by atoms with Crippen LogP contribution in [0.2, 0.25) is 0 Å². The molecule has 26 heavy (non-hydrogen) atoms. The molecule has 1 aliphatic heterocycles. The number of carbonyl (C=O) groups is 1. The smallest absolute Gasteiger partial charge is 0.287 e. The van der Waals surface area contributed by atoms with E-state index in [0.29, 0.717) is 24.8 Å². The Kier molecular flexibility index (Phi) is 6.06. The molecule has 1 fully saturated rings. The SMILES string of the molecule is CC(C)CN1CCO[C@H](CNC(=O)c2ccc(-c3ccc(F)cc3)o2)C1. The van der Waals surface area contributed by atoms with Gasteiger partial charge in [0.1, 0.15) is 11.6 Å². The van der Waals surface area contributed by atoms with Gasteiger partial charge in [-0.3, -0.25) is 9.69 Å². The monoisotopic (exact) mass is 360 g/mol. The first-order chi connectivity index (χ1) is 12.5. The maximum absolute atomic E-state index is 13.0. The van der Waals surface area contributed by atoms with Gasteiger partial charge in [0, 0.05) is 31.7 Å². The zero-order valence-electron chi connectivity index (χ0n) is 15.2. The van der Waals surface area contributed by atoms with Crippen LogP contribution in [0.4, 0.5) is 4.39 Å². The van der Waals surface area contributed by atoms with Gasteiger partial charge >= 0.3 is 0 Å². The normalized spacial score (nSPS) is 18.2. The number of halogens is 1. The molecule has 2 aromatic rings. The first kappa shape index (κ1) is 18.6. The number of nitrogens with zero attached hydrogens (tertiary/aromatic N) is 1. The van der Waals surface area contributed by atoms with E-state index in [-0.39, 0.29) is 23.6 Å². The molecule has 0 aliphatic carbocycles. The molecule has 3 rings (SSSR count). The minimum atomic E-state index is -0.308. The number of rotatable bonds is 6. The molecular formula is C20H25FN2O3. The number of amides is 1. The third kappa shape index (κ3) is 4.93. The fraction of sp³-hybridized carbons (Fsp3) is 0.450. The lowest BCUT2D eigenvalue weighted by atomic mass is 10.2. The molecule has 1 N–H and O–H groups in total. The lowest BCUT2D eigenvalue weighted by molar-refractivity contribution is -0.0296. The highest BCUT2D eigenvalue weighted by atomic mass is 19.1. The third-order valence-electron chi connectivity index (χ3n) is 4.30. The van der Waals surface area contributed by atoms with E-state index >= 15 is 0 Å². The van der Waals surface area contributed by atoms with Crippen LogP contribution in [0, 0.1) is 11.7 Å². The maximum atomic E-state index is 13.0. The number of morpholine rings is 1. The van der Waals surface area contributed by atoms with Crippen LogP contribution in [0.15, 0.2) is 40.8 Å². The van der Waals surface area contributed by atoms with Gasteiger partial charge in [0.15, 0.2) is 5.76 Å². The molecule has 1 aromatic carbocycles. The van der Waals surface area contributed by atoms with Crippen LogP contribution >= 0.6 is 0 Å². The number of carbonyl (C=O) groups excluding carboxylic acids is 1. The van der Waals surface area contributed by atoms with Crippen LogP contribution < -0.4 is 5.32 Å². The number of hydrogen-bond donors (Lipinski definition) is 1. The zero-order chi connectivity index (χ0) is 18.5.